The van der Waals surface area contributed by atoms with Crippen LogP contribution in [0.25, 0.3) is 0 Å². The van der Waals surface area contributed by atoms with Gasteiger partial charge in [-0.15, -0.1) is 0 Å². The molecule has 0 radical (unpaired) electrons. The van der Waals surface area contributed by atoms with Crippen molar-refractivity contribution in [1.82, 2.24) is 0 Å². The molecule has 104 valence electrons. The highest BCUT2D eigenvalue weighted by molar-refractivity contribution is 9.10. The predicted octanol–water partition coefficient (Wildman–Crippen LogP) is 3.88. The zero-order valence-electron chi connectivity index (χ0n) is 10.7. The highest BCUT2D eigenvalue weighted by atomic mass is 79.9. The molecule has 0 saturated carbocycles. The molecule has 0 amide bonds. The van der Waals surface area contributed by atoms with Crippen molar-refractivity contribution in [1.29, 1.82) is 0 Å². The third-order valence-electron chi connectivity index (χ3n) is 2.87. The second kappa shape index (κ2) is 6.81. The maximum atomic E-state index is 13.1. The van der Waals surface area contributed by atoms with Crippen LogP contribution in [-0.4, -0.2) is 11.5 Å². The third-order valence-corrected chi connectivity index (χ3v) is 3.58. The Bertz CT molecular complexity index is 631. The highest BCUT2D eigenvalue weighted by Crippen LogP contribution is 2.21. The average Bonchev–Trinajstić information content (AvgIpc) is 2.40. The first-order valence-corrected chi connectivity index (χ1v) is 7.34. The average molecular weight is 353 g/mol. The molecule has 20 heavy (non-hydrogen) atoms. The monoisotopic (exact) mass is 352 g/mol. The van der Waals surface area contributed by atoms with Gasteiger partial charge >= 0.3 is 0 Å². The first-order valence-electron chi connectivity index (χ1n) is 6.14. The Hall–Kier alpha value is -1.46. The lowest BCUT2D eigenvalue weighted by Crippen LogP contribution is -2.14. The number of hydrogen-bond acceptors (Lipinski definition) is 2. The van der Waals surface area contributed by atoms with Crippen molar-refractivity contribution >= 4 is 38.8 Å². The fraction of sp³-hybridized carbons (Fsp3) is 0.133. The fourth-order valence-corrected chi connectivity index (χ4v) is 2.44. The van der Waals surface area contributed by atoms with Gasteiger partial charge in [0.2, 0.25) is 0 Å². The summed E-state index contributed by atoms with van der Waals surface area (Å²) in [6.07, 6.45) is 0.727. The molecule has 2 aromatic carbocycles. The Balaban J connectivity index is 2.02. The van der Waals surface area contributed by atoms with Crippen LogP contribution in [0.4, 0.5) is 10.1 Å². The Morgan fingerprint density at radius 1 is 1.25 bits per heavy atom. The van der Waals surface area contributed by atoms with Crippen LogP contribution in [0.2, 0.25) is 0 Å². The smallest absolute Gasteiger partial charge is 0.123 e. The van der Waals surface area contributed by atoms with Gasteiger partial charge in [-0.1, -0.05) is 40.3 Å². The molecule has 2 aromatic rings. The van der Waals surface area contributed by atoms with Crippen LogP contribution in [0.5, 0.6) is 0 Å². The van der Waals surface area contributed by atoms with Crippen LogP contribution < -0.4 is 11.1 Å². The number of halogens is 2. The van der Waals surface area contributed by atoms with E-state index in [1.165, 1.54) is 12.1 Å². The van der Waals surface area contributed by atoms with Crippen molar-refractivity contribution in [2.45, 2.75) is 6.42 Å². The molecular weight excluding hydrogens is 339 g/mol. The summed E-state index contributed by atoms with van der Waals surface area (Å²) in [7, 11) is 0. The quantitative estimate of drug-likeness (QED) is 0.802. The minimum absolute atomic E-state index is 0.213. The molecule has 0 aliphatic heterocycles. The first-order chi connectivity index (χ1) is 9.56. The van der Waals surface area contributed by atoms with Crippen molar-refractivity contribution in [2.75, 3.05) is 11.9 Å². The summed E-state index contributed by atoms with van der Waals surface area (Å²) < 4.78 is 14.0. The Labute approximate surface area is 131 Å². The molecular formula is C15H14BrFN2S. The Morgan fingerprint density at radius 3 is 2.75 bits per heavy atom. The number of benzene rings is 2. The van der Waals surface area contributed by atoms with Gasteiger partial charge in [0.1, 0.15) is 10.8 Å². The molecule has 5 heteroatoms. The van der Waals surface area contributed by atoms with Crippen molar-refractivity contribution in [3.05, 3.63) is 63.9 Å². The maximum Gasteiger partial charge on any atom is 0.123 e. The van der Waals surface area contributed by atoms with E-state index in [9.17, 15) is 4.39 Å². The van der Waals surface area contributed by atoms with E-state index in [1.54, 1.807) is 6.07 Å². The van der Waals surface area contributed by atoms with Crippen LogP contribution in [0.1, 0.15) is 11.1 Å². The molecule has 0 fully saturated rings. The number of nitrogens with two attached hydrogens (primary N) is 1. The summed E-state index contributed by atoms with van der Waals surface area (Å²) in [6, 6.07) is 12.3. The van der Waals surface area contributed by atoms with Crippen LogP contribution in [0, 0.1) is 5.82 Å². The van der Waals surface area contributed by atoms with E-state index in [2.05, 4.69) is 21.2 Å². The van der Waals surface area contributed by atoms with E-state index < -0.39 is 0 Å². The molecule has 0 spiro atoms. The summed E-state index contributed by atoms with van der Waals surface area (Å²) in [4.78, 5) is 0.347. The number of anilines is 1. The maximum absolute atomic E-state index is 13.1. The largest absolute Gasteiger partial charge is 0.389 e. The number of thiocarbonyl (C=S) groups is 1. The van der Waals surface area contributed by atoms with Crippen LogP contribution in [0.15, 0.2) is 46.9 Å². The topological polar surface area (TPSA) is 38.0 Å². The van der Waals surface area contributed by atoms with Gasteiger partial charge < -0.3 is 11.1 Å². The van der Waals surface area contributed by atoms with E-state index >= 15 is 0 Å². The van der Waals surface area contributed by atoms with Gasteiger partial charge in [-0.3, -0.25) is 0 Å². The fourth-order valence-electron chi connectivity index (χ4n) is 1.91. The normalized spacial score (nSPS) is 10.3. The van der Waals surface area contributed by atoms with Gasteiger partial charge in [0.05, 0.1) is 0 Å². The molecule has 3 N–H and O–H groups in total. The van der Waals surface area contributed by atoms with Gasteiger partial charge in [0.15, 0.2) is 0 Å². The number of nitrogens with one attached hydrogen (secondary N) is 1. The lowest BCUT2D eigenvalue weighted by molar-refractivity contribution is 0.625. The molecule has 0 saturated heterocycles. The van der Waals surface area contributed by atoms with E-state index in [1.807, 2.05) is 24.3 Å². The van der Waals surface area contributed by atoms with Crippen molar-refractivity contribution in [3.8, 4) is 0 Å². The summed E-state index contributed by atoms with van der Waals surface area (Å²) in [5.41, 5.74) is 8.34. The molecule has 0 aliphatic rings. The number of rotatable bonds is 5. The van der Waals surface area contributed by atoms with Gasteiger partial charge in [-0.25, -0.2) is 4.39 Å². The van der Waals surface area contributed by atoms with E-state index in [0.717, 1.165) is 27.7 Å². The van der Waals surface area contributed by atoms with Crippen LogP contribution >= 0.6 is 28.1 Å². The first kappa shape index (κ1) is 14.9. The Kier molecular flexibility index (Phi) is 5.09. The molecule has 0 bridgehead atoms. The number of hydrogen-bond donors (Lipinski definition) is 2. The molecule has 2 nitrogen and oxygen atoms in total. The minimum Gasteiger partial charge on any atom is -0.389 e. The SMILES string of the molecule is NC(=S)c1cc(Br)ccc1NCCc1cccc(F)c1. The molecule has 0 unspecified atom stereocenters. The minimum atomic E-state index is -0.213. The molecule has 2 rings (SSSR count). The van der Waals surface area contributed by atoms with Crippen LogP contribution in [-0.2, 0) is 6.42 Å². The molecule has 0 heterocycles. The molecule has 0 aromatic heterocycles. The summed E-state index contributed by atoms with van der Waals surface area (Å²) in [6.45, 7) is 0.681. The van der Waals surface area contributed by atoms with E-state index in [-0.39, 0.29) is 5.82 Å². The van der Waals surface area contributed by atoms with Crippen molar-refractivity contribution in [2.24, 2.45) is 5.73 Å². The molecule has 0 atom stereocenters. The van der Waals surface area contributed by atoms with Crippen molar-refractivity contribution in [3.63, 3.8) is 0 Å². The third kappa shape index (κ3) is 4.02. The van der Waals surface area contributed by atoms with Crippen LogP contribution in [0.3, 0.4) is 0 Å². The van der Waals surface area contributed by atoms with E-state index in [0.29, 0.717) is 11.5 Å². The van der Waals surface area contributed by atoms with Gasteiger partial charge in [0, 0.05) is 22.3 Å². The molecule has 0 aliphatic carbocycles. The Morgan fingerprint density at radius 2 is 2.05 bits per heavy atom. The van der Waals surface area contributed by atoms with Gasteiger partial charge in [-0.05, 0) is 42.3 Å². The van der Waals surface area contributed by atoms with Crippen molar-refractivity contribution < 1.29 is 4.39 Å². The summed E-state index contributed by atoms with van der Waals surface area (Å²) in [5, 5.41) is 3.28. The van der Waals surface area contributed by atoms with Gasteiger partial charge in [-0.2, -0.15) is 0 Å². The predicted molar refractivity (Wildman–Crippen MR) is 88.6 cm³/mol. The standard InChI is InChI=1S/C15H14BrFN2S/c16-11-4-5-14(13(9-11)15(18)20)19-7-6-10-2-1-3-12(17)8-10/h1-5,8-9,19H,6-7H2,(H2,18,20). The zero-order chi connectivity index (χ0) is 14.5. The summed E-state index contributed by atoms with van der Waals surface area (Å²) >= 11 is 8.43. The lowest BCUT2D eigenvalue weighted by Gasteiger charge is -2.11. The highest BCUT2D eigenvalue weighted by Gasteiger charge is 2.05. The second-order valence-corrected chi connectivity index (χ2v) is 5.72. The lowest BCUT2D eigenvalue weighted by atomic mass is 10.1. The van der Waals surface area contributed by atoms with E-state index in [4.69, 9.17) is 18.0 Å². The second-order valence-electron chi connectivity index (χ2n) is 4.36. The van der Waals surface area contributed by atoms with Gasteiger partial charge in [0.25, 0.3) is 0 Å². The summed E-state index contributed by atoms with van der Waals surface area (Å²) in [5.74, 6) is -0.213. The zero-order valence-corrected chi connectivity index (χ0v) is 13.1.